The molecule has 1 fully saturated rings. The van der Waals surface area contributed by atoms with Crippen molar-refractivity contribution in [1.29, 1.82) is 0 Å². The maximum atomic E-state index is 13.1. The molecule has 0 aliphatic carbocycles. The summed E-state index contributed by atoms with van der Waals surface area (Å²) in [5, 5.41) is 16.5. The van der Waals surface area contributed by atoms with E-state index in [1.165, 1.54) is 4.31 Å². The molecule has 4 rings (SSSR count). The lowest BCUT2D eigenvalue weighted by molar-refractivity contribution is -0.116. The van der Waals surface area contributed by atoms with Crippen LogP contribution in [-0.4, -0.2) is 43.4 Å². The first-order valence-corrected chi connectivity index (χ1v) is 10.9. The molecule has 2 aromatic rings. The maximum Gasteiger partial charge on any atom is 0.243 e. The number of carbonyl (C=O) groups excluding carboxylic acids is 1. The topological polar surface area (TPSA) is 86.7 Å². The highest BCUT2D eigenvalue weighted by atomic mass is 32.2. The normalized spacial score (nSPS) is 23.7. The molecule has 8 heteroatoms. The highest BCUT2D eigenvalue weighted by Crippen LogP contribution is 2.37. The fourth-order valence-electron chi connectivity index (χ4n) is 3.75. The third-order valence-electron chi connectivity index (χ3n) is 5.22. The fraction of sp³-hybridized carbons (Fsp3) is 0.389. The van der Waals surface area contributed by atoms with Crippen molar-refractivity contribution >= 4 is 33.0 Å². The van der Waals surface area contributed by atoms with E-state index < -0.39 is 10.0 Å². The van der Waals surface area contributed by atoms with Gasteiger partial charge in [-0.3, -0.25) is 4.79 Å². The second kappa shape index (κ2) is 6.77. The summed E-state index contributed by atoms with van der Waals surface area (Å²) in [4.78, 5) is 11.7. The number of rotatable bonds is 4. The van der Waals surface area contributed by atoms with E-state index in [2.05, 4.69) is 5.32 Å². The van der Waals surface area contributed by atoms with Crippen LogP contribution in [0.25, 0.3) is 0 Å². The van der Waals surface area contributed by atoms with Gasteiger partial charge in [-0.15, -0.1) is 0 Å². The van der Waals surface area contributed by atoms with Crippen LogP contribution < -0.4 is 5.32 Å². The number of aliphatic hydroxyl groups excluding tert-OH is 1. The summed E-state index contributed by atoms with van der Waals surface area (Å²) in [6.45, 7) is 0.647. The van der Waals surface area contributed by atoms with E-state index in [0.29, 0.717) is 31.6 Å². The molecule has 0 saturated carbocycles. The highest BCUT2D eigenvalue weighted by molar-refractivity contribution is 7.89. The number of aryl methyl sites for hydroxylation is 1. The van der Waals surface area contributed by atoms with Gasteiger partial charge in [0.2, 0.25) is 15.9 Å². The van der Waals surface area contributed by atoms with Crippen LogP contribution in [0.2, 0.25) is 0 Å². The lowest BCUT2D eigenvalue weighted by Gasteiger charge is -2.20. The van der Waals surface area contributed by atoms with Gasteiger partial charge in [0.1, 0.15) is 0 Å². The summed E-state index contributed by atoms with van der Waals surface area (Å²) in [6.07, 6.45) is 0.911. The van der Waals surface area contributed by atoms with Crippen LogP contribution >= 0.6 is 11.3 Å². The first-order chi connectivity index (χ1) is 12.5. The quantitative estimate of drug-likeness (QED) is 0.834. The van der Waals surface area contributed by atoms with E-state index in [-0.39, 0.29) is 29.2 Å². The Morgan fingerprint density at radius 2 is 2.08 bits per heavy atom. The average Bonchev–Trinajstić information content (AvgIpc) is 3.30. The Balaban J connectivity index is 1.62. The number of anilines is 1. The maximum absolute atomic E-state index is 13.1. The Labute approximate surface area is 156 Å². The number of nitrogens with zero attached hydrogens (tertiary/aromatic N) is 1. The third kappa shape index (κ3) is 3.07. The van der Waals surface area contributed by atoms with Gasteiger partial charge < -0.3 is 10.4 Å². The van der Waals surface area contributed by atoms with Crippen molar-refractivity contribution in [3.05, 3.63) is 46.2 Å². The molecule has 0 bridgehead atoms. The van der Waals surface area contributed by atoms with Crippen molar-refractivity contribution in [3.8, 4) is 0 Å². The zero-order valence-corrected chi connectivity index (χ0v) is 15.7. The Kier molecular flexibility index (Phi) is 4.60. The number of sulfonamides is 1. The number of thiophene rings is 1. The lowest BCUT2D eigenvalue weighted by Crippen LogP contribution is -2.30. The Morgan fingerprint density at radius 1 is 1.23 bits per heavy atom. The lowest BCUT2D eigenvalue weighted by atomic mass is 9.92. The number of fused-ring (bicyclic) bond motifs is 1. The molecule has 138 valence electrons. The van der Waals surface area contributed by atoms with Gasteiger partial charge in [-0.05, 0) is 52.6 Å². The molecule has 2 aliphatic rings. The molecular formula is C18H20N2O4S2. The molecule has 1 aromatic carbocycles. The van der Waals surface area contributed by atoms with Crippen molar-refractivity contribution in [1.82, 2.24) is 4.31 Å². The molecule has 1 amide bonds. The molecular weight excluding hydrogens is 372 g/mol. The van der Waals surface area contributed by atoms with Crippen LogP contribution in [0.15, 0.2) is 39.9 Å². The van der Waals surface area contributed by atoms with Gasteiger partial charge in [0.15, 0.2) is 0 Å². The molecule has 0 radical (unpaired) electrons. The van der Waals surface area contributed by atoms with E-state index in [9.17, 15) is 18.3 Å². The van der Waals surface area contributed by atoms with Gasteiger partial charge in [0, 0.05) is 43.6 Å². The minimum absolute atomic E-state index is 0.0120. The van der Waals surface area contributed by atoms with Crippen molar-refractivity contribution < 1.29 is 18.3 Å². The molecule has 2 atom stereocenters. The number of benzene rings is 1. The van der Waals surface area contributed by atoms with Gasteiger partial charge in [-0.1, -0.05) is 0 Å². The number of aliphatic hydroxyl groups is 1. The summed E-state index contributed by atoms with van der Waals surface area (Å²) in [5.41, 5.74) is 2.61. The second-order valence-corrected chi connectivity index (χ2v) is 9.51. The Hall–Kier alpha value is -1.74. The number of amides is 1. The predicted octanol–water partition coefficient (Wildman–Crippen LogP) is 2.03. The van der Waals surface area contributed by atoms with E-state index in [1.54, 1.807) is 29.5 Å². The van der Waals surface area contributed by atoms with Gasteiger partial charge in [-0.25, -0.2) is 8.42 Å². The number of hydrogen-bond donors (Lipinski definition) is 2. The average molecular weight is 393 g/mol. The largest absolute Gasteiger partial charge is 0.396 e. The molecule has 0 unspecified atom stereocenters. The van der Waals surface area contributed by atoms with Crippen LogP contribution in [0.1, 0.15) is 23.5 Å². The smallest absolute Gasteiger partial charge is 0.243 e. The van der Waals surface area contributed by atoms with Crippen LogP contribution in [0.5, 0.6) is 0 Å². The molecule has 26 heavy (non-hydrogen) atoms. The third-order valence-corrected chi connectivity index (χ3v) is 7.75. The Morgan fingerprint density at radius 3 is 2.81 bits per heavy atom. The van der Waals surface area contributed by atoms with Crippen molar-refractivity contribution in [2.24, 2.45) is 5.92 Å². The molecule has 2 aliphatic heterocycles. The number of nitrogens with one attached hydrogen (secondary N) is 1. The van der Waals surface area contributed by atoms with Crippen LogP contribution in [0, 0.1) is 5.92 Å². The standard InChI is InChI=1S/C18H20N2O4S2/c21-10-14-8-20(9-16(14)13-5-6-25-11-13)26(23,24)15-2-3-17-12(7-15)1-4-18(22)19-17/h2-3,5-7,11,14,16,21H,1,4,8-10H2,(H,19,22)/t14-,16-/m0/s1. The monoisotopic (exact) mass is 392 g/mol. The van der Waals surface area contributed by atoms with Crippen LogP contribution in [0.4, 0.5) is 5.69 Å². The first-order valence-electron chi connectivity index (χ1n) is 8.55. The zero-order chi connectivity index (χ0) is 18.3. The minimum Gasteiger partial charge on any atom is -0.396 e. The van der Waals surface area contributed by atoms with Gasteiger partial charge in [-0.2, -0.15) is 15.6 Å². The van der Waals surface area contributed by atoms with E-state index >= 15 is 0 Å². The summed E-state index contributed by atoms with van der Waals surface area (Å²) in [7, 11) is -3.64. The minimum atomic E-state index is -3.64. The molecule has 6 nitrogen and oxygen atoms in total. The molecule has 3 heterocycles. The molecule has 0 spiro atoms. The van der Waals surface area contributed by atoms with E-state index in [4.69, 9.17) is 0 Å². The summed E-state index contributed by atoms with van der Waals surface area (Å²) in [5.74, 6) is -0.133. The van der Waals surface area contributed by atoms with E-state index in [1.807, 2.05) is 16.8 Å². The summed E-state index contributed by atoms with van der Waals surface area (Å²) < 4.78 is 27.7. The van der Waals surface area contributed by atoms with Crippen molar-refractivity contribution in [2.45, 2.75) is 23.7 Å². The zero-order valence-electron chi connectivity index (χ0n) is 14.1. The number of hydrogen-bond acceptors (Lipinski definition) is 5. The van der Waals surface area contributed by atoms with Gasteiger partial charge in [0.05, 0.1) is 4.90 Å². The Bertz CT molecular complexity index is 925. The fourth-order valence-corrected chi connectivity index (χ4v) is 6.04. The molecule has 1 saturated heterocycles. The molecule has 1 aromatic heterocycles. The van der Waals surface area contributed by atoms with Crippen molar-refractivity contribution in [2.75, 3.05) is 25.0 Å². The highest BCUT2D eigenvalue weighted by Gasteiger charge is 2.40. The first kappa shape index (κ1) is 17.7. The van der Waals surface area contributed by atoms with E-state index in [0.717, 1.165) is 11.1 Å². The van der Waals surface area contributed by atoms with Gasteiger partial charge >= 0.3 is 0 Å². The van der Waals surface area contributed by atoms with Crippen molar-refractivity contribution in [3.63, 3.8) is 0 Å². The SMILES string of the molecule is O=C1CCc2cc(S(=O)(=O)N3C[C@@H](CO)[C@H](c4ccsc4)C3)ccc2N1. The summed E-state index contributed by atoms with van der Waals surface area (Å²) >= 11 is 1.58. The summed E-state index contributed by atoms with van der Waals surface area (Å²) in [6, 6.07) is 6.87. The van der Waals surface area contributed by atoms with Crippen LogP contribution in [-0.2, 0) is 21.2 Å². The van der Waals surface area contributed by atoms with Crippen LogP contribution in [0.3, 0.4) is 0 Å². The predicted molar refractivity (Wildman–Crippen MR) is 99.8 cm³/mol. The number of carbonyl (C=O) groups is 1. The second-order valence-electron chi connectivity index (χ2n) is 6.79. The van der Waals surface area contributed by atoms with Gasteiger partial charge in [0.25, 0.3) is 0 Å². The molecule has 2 N–H and O–H groups in total.